The van der Waals surface area contributed by atoms with Gasteiger partial charge in [-0.05, 0) is 32.0 Å². The molecule has 88 valence electrons. The molecule has 1 aromatic carbocycles. The highest BCUT2D eigenvalue weighted by Gasteiger charge is 2.26. The van der Waals surface area contributed by atoms with E-state index in [4.69, 9.17) is 10.00 Å². The van der Waals surface area contributed by atoms with Crippen LogP contribution >= 0.6 is 0 Å². The number of nitrogens with one attached hydrogen (secondary N) is 1. The molecule has 0 saturated carbocycles. The second-order valence-electron chi connectivity index (χ2n) is 4.22. The van der Waals surface area contributed by atoms with Gasteiger partial charge >= 0.3 is 0 Å². The number of hydrogen-bond acceptors (Lipinski definition) is 4. The fourth-order valence-corrected chi connectivity index (χ4v) is 1.88. The van der Waals surface area contributed by atoms with Gasteiger partial charge < -0.3 is 10.1 Å². The molecule has 0 fully saturated rings. The highest BCUT2D eigenvalue weighted by Crippen LogP contribution is 2.33. The maximum Gasteiger partial charge on any atom is 0.159 e. The van der Waals surface area contributed by atoms with Crippen molar-refractivity contribution in [1.29, 1.82) is 5.26 Å². The van der Waals surface area contributed by atoms with Gasteiger partial charge in [0.2, 0.25) is 0 Å². The van der Waals surface area contributed by atoms with Gasteiger partial charge in [0.15, 0.2) is 5.78 Å². The summed E-state index contributed by atoms with van der Waals surface area (Å²) in [6, 6.07) is 7.47. The summed E-state index contributed by atoms with van der Waals surface area (Å²) in [6.45, 7) is 3.50. The number of carbonyl (C=O) groups excluding carboxylic acids is 1. The van der Waals surface area contributed by atoms with Crippen LogP contribution in [0.1, 0.15) is 30.6 Å². The van der Waals surface area contributed by atoms with Crippen LogP contribution in [0.5, 0.6) is 5.75 Å². The van der Waals surface area contributed by atoms with E-state index in [0.29, 0.717) is 17.7 Å². The third kappa shape index (κ3) is 2.23. The van der Waals surface area contributed by atoms with Gasteiger partial charge in [-0.25, -0.2) is 0 Å². The largest absolute Gasteiger partial charge is 0.485 e. The zero-order chi connectivity index (χ0) is 12.4. The summed E-state index contributed by atoms with van der Waals surface area (Å²) < 4.78 is 5.72. The molecule has 1 aliphatic rings. The van der Waals surface area contributed by atoms with E-state index in [1.165, 1.54) is 6.92 Å². The van der Waals surface area contributed by atoms with E-state index in [1.54, 1.807) is 18.2 Å². The zero-order valence-corrected chi connectivity index (χ0v) is 9.86. The maximum absolute atomic E-state index is 11.3. The van der Waals surface area contributed by atoms with Crippen molar-refractivity contribution in [3.63, 3.8) is 0 Å². The summed E-state index contributed by atoms with van der Waals surface area (Å²) in [5.74, 6) is 0.731. The van der Waals surface area contributed by atoms with Crippen LogP contribution in [0.15, 0.2) is 18.2 Å². The Labute approximate surface area is 100 Å². The first-order valence-electron chi connectivity index (χ1n) is 5.57. The van der Waals surface area contributed by atoms with E-state index in [-0.39, 0.29) is 17.9 Å². The molecule has 17 heavy (non-hydrogen) atoms. The molecule has 0 radical (unpaired) electrons. The number of carbonyl (C=O) groups is 1. The minimum atomic E-state index is -0.143. The van der Waals surface area contributed by atoms with Crippen molar-refractivity contribution in [2.24, 2.45) is 0 Å². The van der Waals surface area contributed by atoms with Crippen LogP contribution in [0.25, 0.3) is 0 Å². The molecule has 4 nitrogen and oxygen atoms in total. The van der Waals surface area contributed by atoms with Crippen molar-refractivity contribution in [1.82, 2.24) is 0 Å². The quantitative estimate of drug-likeness (QED) is 0.792. The molecule has 0 aliphatic carbocycles. The molecular formula is C13H14N2O2. The smallest absolute Gasteiger partial charge is 0.159 e. The second kappa shape index (κ2) is 4.46. The molecule has 1 heterocycles. The van der Waals surface area contributed by atoms with Gasteiger partial charge in [-0.3, -0.25) is 4.79 Å². The van der Waals surface area contributed by atoms with Gasteiger partial charge in [0.1, 0.15) is 11.9 Å². The van der Waals surface area contributed by atoms with Gasteiger partial charge in [0.25, 0.3) is 0 Å². The number of nitriles is 1. The number of hydrogen-bond donors (Lipinski definition) is 1. The van der Waals surface area contributed by atoms with E-state index in [1.807, 2.05) is 6.92 Å². The molecule has 2 unspecified atom stereocenters. The summed E-state index contributed by atoms with van der Waals surface area (Å²) in [5.41, 5.74) is 1.48. The number of Topliss-reactive ketones (excluding diaryl/α,β-unsaturated/α-hetero) is 1. The Morgan fingerprint density at radius 3 is 3.00 bits per heavy atom. The zero-order valence-electron chi connectivity index (χ0n) is 9.86. The summed E-state index contributed by atoms with van der Waals surface area (Å²) in [5, 5.41) is 12.0. The Bertz CT molecular complexity index is 491. The van der Waals surface area contributed by atoms with Crippen molar-refractivity contribution in [2.45, 2.75) is 32.4 Å². The van der Waals surface area contributed by atoms with Gasteiger partial charge in [-0.2, -0.15) is 5.26 Å². The molecule has 2 atom stereocenters. The van der Waals surface area contributed by atoms with Crippen LogP contribution in [-0.4, -0.2) is 17.9 Å². The van der Waals surface area contributed by atoms with Crippen LogP contribution in [0, 0.1) is 11.3 Å². The van der Waals surface area contributed by atoms with Crippen molar-refractivity contribution in [2.75, 3.05) is 5.32 Å². The highest BCUT2D eigenvalue weighted by molar-refractivity contribution is 5.95. The molecule has 0 spiro atoms. The third-order valence-electron chi connectivity index (χ3n) is 2.90. The number of fused-ring (bicyclic) bond motifs is 1. The summed E-state index contributed by atoms with van der Waals surface area (Å²) in [7, 11) is 0. The summed E-state index contributed by atoms with van der Waals surface area (Å²) >= 11 is 0. The first-order valence-corrected chi connectivity index (χ1v) is 5.57. The lowest BCUT2D eigenvalue weighted by molar-refractivity contribution is 0.101. The second-order valence-corrected chi connectivity index (χ2v) is 4.22. The van der Waals surface area contributed by atoms with Crippen LogP contribution in [0.4, 0.5) is 5.69 Å². The normalized spacial score (nSPS) is 21.7. The van der Waals surface area contributed by atoms with E-state index >= 15 is 0 Å². The van der Waals surface area contributed by atoms with Crippen LogP contribution < -0.4 is 10.1 Å². The Balaban J connectivity index is 2.29. The maximum atomic E-state index is 11.3. The Morgan fingerprint density at radius 2 is 2.35 bits per heavy atom. The molecule has 0 bridgehead atoms. The number of ketones is 1. The molecule has 1 aromatic rings. The van der Waals surface area contributed by atoms with Gasteiger partial charge in [-0.1, -0.05) is 0 Å². The van der Waals surface area contributed by atoms with Crippen molar-refractivity contribution < 1.29 is 9.53 Å². The topological polar surface area (TPSA) is 62.1 Å². The average Bonchev–Trinajstić information content (AvgIpc) is 2.29. The van der Waals surface area contributed by atoms with Crippen LogP contribution in [0.2, 0.25) is 0 Å². The highest BCUT2D eigenvalue weighted by atomic mass is 16.5. The molecule has 0 aromatic heterocycles. The monoisotopic (exact) mass is 230 g/mol. The molecule has 0 saturated heterocycles. The van der Waals surface area contributed by atoms with Crippen molar-refractivity contribution in [3.8, 4) is 11.8 Å². The average molecular weight is 230 g/mol. The number of ether oxygens (including phenoxy) is 1. The number of benzene rings is 1. The van der Waals surface area contributed by atoms with Crippen LogP contribution in [-0.2, 0) is 0 Å². The minimum absolute atomic E-state index is 0.0291. The van der Waals surface area contributed by atoms with Gasteiger partial charge in [0.05, 0.1) is 24.2 Å². The number of nitrogens with zero attached hydrogens (tertiary/aromatic N) is 1. The third-order valence-corrected chi connectivity index (χ3v) is 2.90. The van der Waals surface area contributed by atoms with E-state index < -0.39 is 0 Å². The van der Waals surface area contributed by atoms with E-state index in [2.05, 4.69) is 11.4 Å². The van der Waals surface area contributed by atoms with E-state index in [9.17, 15) is 4.79 Å². The molecule has 2 rings (SSSR count). The SMILES string of the molecule is CC(=O)c1ccc2c(c1)NC(C)C(CC#N)O2. The fourth-order valence-electron chi connectivity index (χ4n) is 1.88. The van der Waals surface area contributed by atoms with E-state index in [0.717, 1.165) is 5.69 Å². The van der Waals surface area contributed by atoms with Crippen molar-refractivity contribution >= 4 is 11.5 Å². The lowest BCUT2D eigenvalue weighted by Crippen LogP contribution is -2.39. The summed E-state index contributed by atoms with van der Waals surface area (Å²) in [6.07, 6.45) is 0.206. The molecule has 1 aliphatic heterocycles. The lowest BCUT2D eigenvalue weighted by Gasteiger charge is -2.32. The molecule has 4 heteroatoms. The predicted molar refractivity (Wildman–Crippen MR) is 64.2 cm³/mol. The predicted octanol–water partition coefficient (Wildman–Crippen LogP) is 2.36. The van der Waals surface area contributed by atoms with Crippen LogP contribution in [0.3, 0.4) is 0 Å². The molecule has 0 amide bonds. The van der Waals surface area contributed by atoms with Gasteiger partial charge in [0, 0.05) is 5.56 Å². The standard InChI is InChI=1S/C13H14N2O2/c1-8-12(5-6-14)17-13-4-3-10(9(2)16)7-11(13)15-8/h3-4,7-8,12,15H,5H2,1-2H3. The first kappa shape index (κ1) is 11.5. The Morgan fingerprint density at radius 1 is 1.59 bits per heavy atom. The summed E-state index contributed by atoms with van der Waals surface area (Å²) in [4.78, 5) is 11.3. The number of rotatable bonds is 2. The molecule has 1 N–H and O–H groups in total. The minimum Gasteiger partial charge on any atom is -0.485 e. The molecular weight excluding hydrogens is 216 g/mol. The fraction of sp³-hybridized carbons (Fsp3) is 0.385. The first-order chi connectivity index (χ1) is 8.11. The lowest BCUT2D eigenvalue weighted by atomic mass is 10.0. The van der Waals surface area contributed by atoms with Gasteiger partial charge in [-0.15, -0.1) is 0 Å². The van der Waals surface area contributed by atoms with Crippen molar-refractivity contribution in [3.05, 3.63) is 23.8 Å². The Hall–Kier alpha value is -2.02. The Kier molecular flexibility index (Phi) is 3.01. The number of anilines is 1.